The van der Waals surface area contributed by atoms with Gasteiger partial charge in [0.25, 0.3) is 5.91 Å². The molecular weight excluding hydrogens is 310 g/mol. The minimum atomic E-state index is -0.379. The molecule has 1 atom stereocenters. The van der Waals surface area contributed by atoms with Crippen LogP contribution in [0.2, 0.25) is 0 Å². The summed E-state index contributed by atoms with van der Waals surface area (Å²) >= 11 is 0. The Labute approximate surface area is 147 Å². The molecule has 0 saturated heterocycles. The summed E-state index contributed by atoms with van der Waals surface area (Å²) in [6, 6.07) is 21.7. The van der Waals surface area contributed by atoms with Gasteiger partial charge in [-0.15, -0.1) is 0 Å². The second kappa shape index (κ2) is 7.62. The number of amides is 1. The summed E-state index contributed by atoms with van der Waals surface area (Å²) < 4.78 is 0. The van der Waals surface area contributed by atoms with E-state index in [0.717, 1.165) is 22.2 Å². The van der Waals surface area contributed by atoms with Crippen LogP contribution in [0.3, 0.4) is 0 Å². The molecule has 25 heavy (non-hydrogen) atoms. The van der Waals surface area contributed by atoms with E-state index in [1.807, 2.05) is 68.4 Å². The van der Waals surface area contributed by atoms with Crippen LogP contribution in [0.4, 0.5) is 5.69 Å². The van der Waals surface area contributed by atoms with Gasteiger partial charge < -0.3 is 5.32 Å². The highest BCUT2D eigenvalue weighted by Gasteiger charge is 2.11. The van der Waals surface area contributed by atoms with Crippen molar-refractivity contribution in [3.05, 3.63) is 77.9 Å². The summed E-state index contributed by atoms with van der Waals surface area (Å²) in [5.74, 6) is -0.182. The Balaban J connectivity index is 1.59. The van der Waals surface area contributed by atoms with Crippen molar-refractivity contribution in [3.8, 4) is 0 Å². The fourth-order valence-electron chi connectivity index (χ4n) is 2.61. The number of rotatable bonds is 5. The van der Waals surface area contributed by atoms with E-state index in [2.05, 4.69) is 28.0 Å². The number of fused-ring (bicyclic) bond motifs is 1. The zero-order valence-electron chi connectivity index (χ0n) is 14.4. The van der Waals surface area contributed by atoms with Crippen molar-refractivity contribution in [3.63, 3.8) is 0 Å². The minimum absolute atomic E-state index is 0.182. The van der Waals surface area contributed by atoms with Gasteiger partial charge in [0.1, 0.15) is 6.04 Å². The third-order valence-electron chi connectivity index (χ3n) is 3.96. The predicted molar refractivity (Wildman–Crippen MR) is 104 cm³/mol. The molecule has 2 N–H and O–H groups in total. The Kier molecular flexibility index (Phi) is 5.09. The maximum absolute atomic E-state index is 12.1. The van der Waals surface area contributed by atoms with Crippen molar-refractivity contribution in [1.82, 2.24) is 5.43 Å². The van der Waals surface area contributed by atoms with Gasteiger partial charge in [-0.25, -0.2) is 5.43 Å². The molecule has 0 fully saturated rings. The van der Waals surface area contributed by atoms with Gasteiger partial charge in [-0.05, 0) is 53.9 Å². The molecule has 3 aromatic rings. The number of anilines is 1. The zero-order valence-corrected chi connectivity index (χ0v) is 14.4. The first-order valence-electron chi connectivity index (χ1n) is 8.27. The number of carbonyl (C=O) groups excluding carboxylic acids is 1. The third kappa shape index (κ3) is 4.44. The standard InChI is InChI=1S/C21H21N3O/c1-15-6-5-9-20(12-15)23-16(2)21(25)24-22-14-17-10-11-18-7-3-4-8-19(18)13-17/h3-14,16,23H,1-2H3,(H,24,25). The van der Waals surface area contributed by atoms with Crippen LogP contribution < -0.4 is 10.7 Å². The molecule has 3 aromatic carbocycles. The number of nitrogens with zero attached hydrogens (tertiary/aromatic N) is 1. The fourth-order valence-corrected chi connectivity index (χ4v) is 2.61. The SMILES string of the molecule is Cc1cccc(NC(C)C(=O)NN=Cc2ccc3ccccc3c2)c1. The summed E-state index contributed by atoms with van der Waals surface area (Å²) in [6.45, 7) is 3.83. The quantitative estimate of drug-likeness (QED) is 0.546. The number of aryl methyl sites for hydroxylation is 1. The second-order valence-electron chi connectivity index (χ2n) is 6.08. The van der Waals surface area contributed by atoms with Gasteiger partial charge in [-0.1, -0.05) is 48.5 Å². The van der Waals surface area contributed by atoms with Gasteiger partial charge in [0, 0.05) is 5.69 Å². The highest BCUT2D eigenvalue weighted by Crippen LogP contribution is 2.14. The Morgan fingerprint density at radius 3 is 2.60 bits per heavy atom. The van der Waals surface area contributed by atoms with E-state index in [4.69, 9.17) is 0 Å². The van der Waals surface area contributed by atoms with Crippen molar-refractivity contribution in [2.75, 3.05) is 5.32 Å². The molecule has 4 heteroatoms. The van der Waals surface area contributed by atoms with Crippen LogP contribution in [0, 0.1) is 6.92 Å². The Morgan fingerprint density at radius 2 is 1.80 bits per heavy atom. The van der Waals surface area contributed by atoms with E-state index >= 15 is 0 Å². The molecule has 0 aliphatic carbocycles. The highest BCUT2D eigenvalue weighted by atomic mass is 16.2. The van der Waals surface area contributed by atoms with Crippen molar-refractivity contribution in [2.45, 2.75) is 19.9 Å². The molecule has 3 rings (SSSR count). The third-order valence-corrected chi connectivity index (χ3v) is 3.96. The first-order chi connectivity index (χ1) is 12.1. The van der Waals surface area contributed by atoms with Gasteiger partial charge >= 0.3 is 0 Å². The molecule has 4 nitrogen and oxygen atoms in total. The maximum atomic E-state index is 12.1. The Morgan fingerprint density at radius 1 is 1.00 bits per heavy atom. The number of hydrazone groups is 1. The summed E-state index contributed by atoms with van der Waals surface area (Å²) in [7, 11) is 0. The molecule has 126 valence electrons. The zero-order chi connectivity index (χ0) is 17.6. The monoisotopic (exact) mass is 331 g/mol. The second-order valence-corrected chi connectivity index (χ2v) is 6.08. The average molecular weight is 331 g/mol. The first-order valence-corrected chi connectivity index (χ1v) is 8.27. The first kappa shape index (κ1) is 16.7. The van der Waals surface area contributed by atoms with Crippen LogP contribution >= 0.6 is 0 Å². The van der Waals surface area contributed by atoms with E-state index in [1.165, 1.54) is 5.39 Å². The van der Waals surface area contributed by atoms with Crippen LogP contribution in [-0.4, -0.2) is 18.2 Å². The van der Waals surface area contributed by atoms with Crippen LogP contribution in [0.5, 0.6) is 0 Å². The van der Waals surface area contributed by atoms with Crippen LogP contribution in [0.1, 0.15) is 18.1 Å². The Bertz CT molecular complexity index is 918. The number of nitrogens with one attached hydrogen (secondary N) is 2. The molecule has 0 bridgehead atoms. The van der Waals surface area contributed by atoms with E-state index in [-0.39, 0.29) is 11.9 Å². The van der Waals surface area contributed by atoms with E-state index in [0.29, 0.717) is 0 Å². The smallest absolute Gasteiger partial charge is 0.262 e. The molecule has 1 unspecified atom stereocenters. The maximum Gasteiger partial charge on any atom is 0.262 e. The van der Waals surface area contributed by atoms with Crippen molar-refractivity contribution in [2.24, 2.45) is 5.10 Å². The van der Waals surface area contributed by atoms with Gasteiger partial charge in [-0.3, -0.25) is 4.79 Å². The summed E-state index contributed by atoms with van der Waals surface area (Å²) in [5, 5.41) is 9.56. The van der Waals surface area contributed by atoms with Crippen molar-refractivity contribution < 1.29 is 4.79 Å². The molecule has 0 saturated carbocycles. The van der Waals surface area contributed by atoms with Gasteiger partial charge in [-0.2, -0.15) is 5.10 Å². The van der Waals surface area contributed by atoms with Gasteiger partial charge in [0.15, 0.2) is 0 Å². The summed E-state index contributed by atoms with van der Waals surface area (Å²) in [5.41, 5.74) is 5.59. The van der Waals surface area contributed by atoms with Gasteiger partial charge in [0.2, 0.25) is 0 Å². The van der Waals surface area contributed by atoms with Gasteiger partial charge in [0.05, 0.1) is 6.21 Å². The molecule has 0 spiro atoms. The number of hydrogen-bond donors (Lipinski definition) is 2. The molecule has 0 aliphatic heterocycles. The molecule has 0 heterocycles. The molecule has 0 aromatic heterocycles. The lowest BCUT2D eigenvalue weighted by molar-refractivity contribution is -0.121. The Hall–Kier alpha value is -3.14. The van der Waals surface area contributed by atoms with E-state index in [1.54, 1.807) is 6.21 Å². The largest absolute Gasteiger partial charge is 0.374 e. The lowest BCUT2D eigenvalue weighted by atomic mass is 10.1. The predicted octanol–water partition coefficient (Wildman–Crippen LogP) is 4.10. The van der Waals surface area contributed by atoms with E-state index in [9.17, 15) is 4.79 Å². The van der Waals surface area contributed by atoms with Crippen molar-refractivity contribution in [1.29, 1.82) is 0 Å². The molecule has 0 aliphatic rings. The highest BCUT2D eigenvalue weighted by molar-refractivity contribution is 5.91. The molecule has 0 radical (unpaired) electrons. The van der Waals surface area contributed by atoms with Crippen LogP contribution in [-0.2, 0) is 4.79 Å². The number of hydrogen-bond acceptors (Lipinski definition) is 3. The number of benzene rings is 3. The molecular formula is C21H21N3O. The van der Waals surface area contributed by atoms with Crippen molar-refractivity contribution >= 4 is 28.6 Å². The summed E-state index contributed by atoms with van der Waals surface area (Å²) in [4.78, 5) is 12.1. The fraction of sp³-hybridized carbons (Fsp3) is 0.143. The topological polar surface area (TPSA) is 53.5 Å². The summed E-state index contributed by atoms with van der Waals surface area (Å²) in [6.07, 6.45) is 1.66. The lowest BCUT2D eigenvalue weighted by Gasteiger charge is -2.13. The van der Waals surface area contributed by atoms with E-state index < -0.39 is 0 Å². The average Bonchev–Trinajstić information content (AvgIpc) is 2.61. The minimum Gasteiger partial charge on any atom is -0.374 e. The lowest BCUT2D eigenvalue weighted by Crippen LogP contribution is -2.34. The molecule has 1 amide bonds. The van der Waals surface area contributed by atoms with Crippen LogP contribution in [0.15, 0.2) is 71.8 Å². The normalized spacial score (nSPS) is 12.2. The van der Waals surface area contributed by atoms with Crippen LogP contribution in [0.25, 0.3) is 10.8 Å². The number of carbonyl (C=O) groups is 1.